The molecule has 1 saturated heterocycles. The maximum atomic E-state index is 14.2. The molecule has 4 N–H and O–H groups in total. The Kier molecular flexibility index (Phi) is 9.86. The summed E-state index contributed by atoms with van der Waals surface area (Å²) in [7, 11) is 1.59. The van der Waals surface area contributed by atoms with Gasteiger partial charge in [-0.3, -0.25) is 9.59 Å². The molecule has 3 amide bonds. The SMILES string of the molecule is COc1ccc2c(O[C@@]3(C)C[C@@H](C(N)=O)N(C(=O)[C@@H](NC(=O)OC4CCCC4)C(C)(C)C)C3)cc(-c3csc(NC(C)C)n3)nc2c1. The lowest BCUT2D eigenvalue weighted by molar-refractivity contribution is -0.141. The second-order valence-corrected chi connectivity index (χ2v) is 15.0. The van der Waals surface area contributed by atoms with Gasteiger partial charge in [-0.2, -0.15) is 0 Å². The average molecular weight is 667 g/mol. The molecule has 5 rings (SSSR count). The van der Waals surface area contributed by atoms with Crippen LogP contribution >= 0.6 is 11.3 Å². The summed E-state index contributed by atoms with van der Waals surface area (Å²) in [5.41, 5.74) is 6.13. The first-order valence-corrected chi connectivity index (χ1v) is 17.0. The molecule has 3 heterocycles. The van der Waals surface area contributed by atoms with E-state index in [4.69, 9.17) is 29.9 Å². The number of nitrogens with one attached hydrogen (secondary N) is 2. The molecule has 0 unspecified atom stereocenters. The zero-order valence-corrected chi connectivity index (χ0v) is 29.0. The van der Waals surface area contributed by atoms with Crippen LogP contribution in [0.1, 0.15) is 73.6 Å². The van der Waals surface area contributed by atoms with Crippen molar-refractivity contribution in [2.75, 3.05) is 19.0 Å². The van der Waals surface area contributed by atoms with Crippen molar-refractivity contribution in [2.24, 2.45) is 11.1 Å². The highest BCUT2D eigenvalue weighted by Crippen LogP contribution is 2.39. The van der Waals surface area contributed by atoms with Crippen molar-refractivity contribution in [3.05, 3.63) is 29.6 Å². The number of anilines is 1. The van der Waals surface area contributed by atoms with Crippen LogP contribution in [0.5, 0.6) is 11.5 Å². The van der Waals surface area contributed by atoms with Crippen LogP contribution in [0.3, 0.4) is 0 Å². The second kappa shape index (κ2) is 13.5. The third-order valence-corrected chi connectivity index (χ3v) is 9.36. The Bertz CT molecular complexity index is 1630. The Morgan fingerprint density at radius 2 is 1.83 bits per heavy atom. The number of carbonyl (C=O) groups is 3. The van der Waals surface area contributed by atoms with Crippen LogP contribution < -0.4 is 25.8 Å². The van der Waals surface area contributed by atoms with Gasteiger partial charge in [0.15, 0.2) is 5.13 Å². The van der Waals surface area contributed by atoms with E-state index in [2.05, 4.69) is 10.6 Å². The number of hydrogen-bond donors (Lipinski definition) is 3. The summed E-state index contributed by atoms with van der Waals surface area (Å²) >= 11 is 1.49. The summed E-state index contributed by atoms with van der Waals surface area (Å²) in [5, 5.41) is 9.56. The molecule has 1 aliphatic carbocycles. The summed E-state index contributed by atoms with van der Waals surface area (Å²) in [4.78, 5) is 50.9. The van der Waals surface area contributed by atoms with Gasteiger partial charge in [0.1, 0.15) is 41.0 Å². The number of nitrogens with zero attached hydrogens (tertiary/aromatic N) is 3. The third-order valence-electron chi connectivity index (χ3n) is 8.58. The fraction of sp³-hybridized carbons (Fsp3) is 0.559. The summed E-state index contributed by atoms with van der Waals surface area (Å²) in [6.07, 6.45) is 3.00. The van der Waals surface area contributed by atoms with E-state index < -0.39 is 41.0 Å². The van der Waals surface area contributed by atoms with Gasteiger partial charge in [0.2, 0.25) is 11.8 Å². The number of pyridine rings is 1. The molecular weight excluding hydrogens is 620 g/mol. The number of carbonyl (C=O) groups excluding carboxylic acids is 3. The maximum Gasteiger partial charge on any atom is 0.408 e. The number of alkyl carbamates (subject to hydrolysis) is 1. The van der Waals surface area contributed by atoms with Crippen molar-refractivity contribution in [3.63, 3.8) is 0 Å². The summed E-state index contributed by atoms with van der Waals surface area (Å²) in [6.45, 7) is 11.6. The normalized spacial score (nSPS) is 20.8. The van der Waals surface area contributed by atoms with Gasteiger partial charge in [-0.1, -0.05) is 20.8 Å². The number of nitrogens with two attached hydrogens (primary N) is 1. The summed E-state index contributed by atoms with van der Waals surface area (Å²) in [6, 6.07) is 5.67. The van der Waals surface area contributed by atoms with Crippen molar-refractivity contribution >= 4 is 45.3 Å². The minimum Gasteiger partial charge on any atom is -0.497 e. The summed E-state index contributed by atoms with van der Waals surface area (Å²) < 4.78 is 17.8. The second-order valence-electron chi connectivity index (χ2n) is 14.1. The number of ether oxygens (including phenoxy) is 3. The van der Waals surface area contributed by atoms with E-state index in [0.717, 1.165) is 36.2 Å². The Morgan fingerprint density at radius 1 is 1.11 bits per heavy atom. The van der Waals surface area contributed by atoms with Gasteiger partial charge in [-0.05, 0) is 64.0 Å². The molecule has 2 aliphatic rings. The number of aromatic nitrogens is 2. The van der Waals surface area contributed by atoms with Gasteiger partial charge < -0.3 is 35.5 Å². The molecular formula is C34H46N6O6S. The zero-order chi connectivity index (χ0) is 34.1. The molecule has 0 spiro atoms. The molecule has 0 radical (unpaired) electrons. The van der Waals surface area contributed by atoms with Crippen LogP contribution in [0.25, 0.3) is 22.3 Å². The molecule has 1 saturated carbocycles. The highest BCUT2D eigenvalue weighted by atomic mass is 32.1. The Balaban J connectivity index is 1.45. The number of hydrogen-bond acceptors (Lipinski definition) is 10. The fourth-order valence-corrected chi connectivity index (χ4v) is 7.08. The lowest BCUT2D eigenvalue weighted by Gasteiger charge is -2.35. The molecule has 12 nitrogen and oxygen atoms in total. The highest BCUT2D eigenvalue weighted by molar-refractivity contribution is 7.14. The van der Waals surface area contributed by atoms with Gasteiger partial charge in [-0.15, -0.1) is 11.3 Å². The number of methoxy groups -OCH3 is 1. The average Bonchev–Trinajstić information content (AvgIpc) is 3.75. The van der Waals surface area contributed by atoms with Crippen LogP contribution in [-0.2, 0) is 14.3 Å². The molecule has 254 valence electrons. The highest BCUT2D eigenvalue weighted by Gasteiger charge is 2.50. The predicted octanol–water partition coefficient (Wildman–Crippen LogP) is 5.49. The lowest BCUT2D eigenvalue weighted by atomic mass is 9.85. The summed E-state index contributed by atoms with van der Waals surface area (Å²) in [5.74, 6) is 0.0854. The van der Waals surface area contributed by atoms with Crippen LogP contribution in [-0.4, -0.2) is 76.3 Å². The molecule has 13 heteroatoms. The van der Waals surface area contributed by atoms with Crippen molar-refractivity contribution < 1.29 is 28.6 Å². The van der Waals surface area contributed by atoms with Crippen molar-refractivity contribution in [1.29, 1.82) is 0 Å². The van der Waals surface area contributed by atoms with Crippen molar-refractivity contribution in [2.45, 2.75) is 103 Å². The number of amides is 3. The standard InChI is InChI=1S/C34H46N6O6S/c1-19(2)36-31-38-25(17-47-31)24-15-27(22-13-12-21(44-7)14-23(22)37-24)46-34(6)16-26(29(35)41)40(18-34)30(42)28(33(3,4)5)39-32(43)45-20-10-8-9-11-20/h12-15,17,19-20,26,28H,8-11,16,18H2,1-7H3,(H2,35,41)(H,36,38)(H,39,43)/t26-,28+,34-/m0/s1. The van der Waals surface area contributed by atoms with E-state index in [1.807, 2.05) is 71.2 Å². The van der Waals surface area contributed by atoms with E-state index in [0.29, 0.717) is 28.4 Å². The van der Waals surface area contributed by atoms with Crippen LogP contribution in [0.4, 0.5) is 9.93 Å². The number of rotatable bonds is 10. The Hall–Kier alpha value is -4.13. The molecule has 2 fully saturated rings. The van der Waals surface area contributed by atoms with E-state index >= 15 is 0 Å². The molecule has 1 aromatic carbocycles. The van der Waals surface area contributed by atoms with Gasteiger partial charge in [-0.25, -0.2) is 14.8 Å². The molecule has 0 bridgehead atoms. The first kappa shape index (κ1) is 34.2. The maximum absolute atomic E-state index is 14.2. The number of primary amides is 1. The minimum absolute atomic E-state index is 0.0693. The van der Waals surface area contributed by atoms with E-state index in [9.17, 15) is 14.4 Å². The van der Waals surface area contributed by atoms with Gasteiger partial charge >= 0.3 is 6.09 Å². The first-order valence-electron chi connectivity index (χ1n) is 16.1. The first-order chi connectivity index (χ1) is 22.2. The lowest BCUT2D eigenvalue weighted by Crippen LogP contribution is -2.57. The number of fused-ring (bicyclic) bond motifs is 1. The van der Waals surface area contributed by atoms with E-state index in [-0.39, 0.29) is 25.1 Å². The fourth-order valence-electron chi connectivity index (χ4n) is 6.23. The third kappa shape index (κ3) is 7.89. The van der Waals surface area contributed by atoms with Gasteiger partial charge in [0, 0.05) is 35.4 Å². The molecule has 3 atom stereocenters. The van der Waals surface area contributed by atoms with Crippen LogP contribution in [0, 0.1) is 5.41 Å². The van der Waals surface area contributed by atoms with Crippen molar-refractivity contribution in [3.8, 4) is 22.9 Å². The quantitative estimate of drug-likeness (QED) is 0.254. The molecule has 3 aromatic rings. The topological polar surface area (TPSA) is 158 Å². The van der Waals surface area contributed by atoms with Gasteiger partial charge in [0.25, 0.3) is 0 Å². The van der Waals surface area contributed by atoms with Crippen molar-refractivity contribution in [1.82, 2.24) is 20.2 Å². The van der Waals surface area contributed by atoms with Crippen LogP contribution in [0.2, 0.25) is 0 Å². The number of benzene rings is 1. The van der Waals surface area contributed by atoms with E-state index in [1.54, 1.807) is 7.11 Å². The monoisotopic (exact) mass is 666 g/mol. The largest absolute Gasteiger partial charge is 0.497 e. The smallest absolute Gasteiger partial charge is 0.408 e. The molecule has 47 heavy (non-hydrogen) atoms. The minimum atomic E-state index is -1.000. The molecule has 2 aromatic heterocycles. The zero-order valence-electron chi connectivity index (χ0n) is 28.2. The predicted molar refractivity (Wildman–Crippen MR) is 182 cm³/mol. The van der Waals surface area contributed by atoms with Gasteiger partial charge in [0.05, 0.1) is 24.9 Å². The Morgan fingerprint density at radius 3 is 2.47 bits per heavy atom. The number of likely N-dealkylation sites (tertiary alicyclic amines) is 1. The number of thiazole rings is 1. The van der Waals surface area contributed by atoms with E-state index in [1.165, 1.54) is 16.2 Å². The Labute approximate surface area is 279 Å². The molecule has 1 aliphatic heterocycles. The van der Waals surface area contributed by atoms with Crippen LogP contribution in [0.15, 0.2) is 29.6 Å².